The summed E-state index contributed by atoms with van der Waals surface area (Å²) < 4.78 is 0. The van der Waals surface area contributed by atoms with Crippen LogP contribution >= 0.6 is 11.3 Å². The molecule has 2 atom stereocenters. The van der Waals surface area contributed by atoms with Crippen LogP contribution in [0.4, 0.5) is 0 Å². The lowest BCUT2D eigenvalue weighted by atomic mass is 9.94. The zero-order valence-corrected chi connectivity index (χ0v) is 13.6. The summed E-state index contributed by atoms with van der Waals surface area (Å²) in [6.45, 7) is 3.68. The van der Waals surface area contributed by atoms with Crippen LogP contribution in [0.15, 0.2) is 41.8 Å². The number of hydrogen-bond donors (Lipinski definition) is 1. The lowest BCUT2D eigenvalue weighted by Crippen LogP contribution is -2.41. The van der Waals surface area contributed by atoms with Crippen LogP contribution in [0.3, 0.4) is 0 Å². The van der Waals surface area contributed by atoms with E-state index in [0.29, 0.717) is 6.54 Å². The van der Waals surface area contributed by atoms with E-state index in [1.165, 1.54) is 16.0 Å². The van der Waals surface area contributed by atoms with Gasteiger partial charge in [-0.25, -0.2) is 0 Å². The maximum Gasteiger partial charge on any atom is 0.307 e. The van der Waals surface area contributed by atoms with Crippen LogP contribution < -0.4 is 0 Å². The molecule has 0 radical (unpaired) electrons. The molecular weight excluding hydrogens is 294 g/mol. The van der Waals surface area contributed by atoms with Crippen molar-refractivity contribution in [3.8, 4) is 0 Å². The highest BCUT2D eigenvalue weighted by Crippen LogP contribution is 2.34. The maximum absolute atomic E-state index is 11.4. The molecule has 1 aromatic carbocycles. The first-order valence-electron chi connectivity index (χ1n) is 7.72. The number of carbonyl (C=O) groups is 1. The van der Waals surface area contributed by atoms with Crippen LogP contribution in [0, 0.1) is 12.8 Å². The molecule has 0 spiro atoms. The molecule has 0 aliphatic carbocycles. The molecule has 0 saturated carbocycles. The Morgan fingerprint density at radius 1 is 1.32 bits per heavy atom. The lowest BCUT2D eigenvalue weighted by Gasteiger charge is -2.37. The summed E-state index contributed by atoms with van der Waals surface area (Å²) in [5, 5.41) is 11.4. The number of carboxylic acid groups (broad SMARTS) is 1. The number of nitrogens with zero attached hydrogens (tertiary/aromatic N) is 1. The molecule has 1 saturated heterocycles. The Hall–Kier alpha value is -1.65. The second-order valence-corrected chi connectivity index (χ2v) is 6.98. The fourth-order valence-electron chi connectivity index (χ4n) is 3.19. The van der Waals surface area contributed by atoms with Gasteiger partial charge < -0.3 is 5.11 Å². The number of piperidine rings is 1. The molecule has 2 heterocycles. The van der Waals surface area contributed by atoms with Gasteiger partial charge in [0.25, 0.3) is 0 Å². The molecule has 1 fully saturated rings. The molecule has 116 valence electrons. The van der Waals surface area contributed by atoms with Crippen molar-refractivity contribution in [3.05, 3.63) is 57.8 Å². The summed E-state index contributed by atoms with van der Waals surface area (Å²) in [5.74, 6) is -0.916. The Labute approximate surface area is 135 Å². The van der Waals surface area contributed by atoms with Crippen molar-refractivity contribution in [1.82, 2.24) is 4.90 Å². The topological polar surface area (TPSA) is 40.5 Å². The van der Waals surface area contributed by atoms with Crippen molar-refractivity contribution in [2.24, 2.45) is 5.92 Å². The fourth-order valence-corrected chi connectivity index (χ4v) is 4.08. The third kappa shape index (κ3) is 3.23. The monoisotopic (exact) mass is 315 g/mol. The standard InChI is InChI=1S/C18H21NO2S/c1-13-6-8-14(9-7-13)17(16-5-3-11-22-16)19-10-2-4-15(12-19)18(20)21/h3,5-9,11,15,17H,2,4,10,12H2,1H3,(H,20,21). The molecule has 0 bridgehead atoms. The van der Waals surface area contributed by atoms with Gasteiger partial charge in [-0.3, -0.25) is 9.69 Å². The van der Waals surface area contributed by atoms with Gasteiger partial charge in [-0.1, -0.05) is 35.9 Å². The van der Waals surface area contributed by atoms with Gasteiger partial charge in [0.05, 0.1) is 12.0 Å². The summed E-state index contributed by atoms with van der Waals surface area (Å²) in [6.07, 6.45) is 1.74. The lowest BCUT2D eigenvalue weighted by molar-refractivity contribution is -0.143. The van der Waals surface area contributed by atoms with E-state index < -0.39 is 5.97 Å². The predicted octanol–water partition coefficient (Wildman–Crippen LogP) is 3.94. The molecule has 1 N–H and O–H groups in total. The number of hydrogen-bond acceptors (Lipinski definition) is 3. The van der Waals surface area contributed by atoms with E-state index in [9.17, 15) is 9.90 Å². The molecule has 22 heavy (non-hydrogen) atoms. The molecule has 2 aromatic rings. The third-order valence-corrected chi connectivity index (χ3v) is 5.30. The van der Waals surface area contributed by atoms with E-state index in [0.717, 1.165) is 19.4 Å². The Balaban J connectivity index is 1.92. The van der Waals surface area contributed by atoms with Crippen LogP contribution in [-0.2, 0) is 4.79 Å². The van der Waals surface area contributed by atoms with Gasteiger partial charge >= 0.3 is 5.97 Å². The van der Waals surface area contributed by atoms with Crippen molar-refractivity contribution in [1.29, 1.82) is 0 Å². The van der Waals surface area contributed by atoms with Crippen LogP contribution in [-0.4, -0.2) is 29.1 Å². The van der Waals surface area contributed by atoms with Gasteiger partial charge in [0.1, 0.15) is 0 Å². The summed E-state index contributed by atoms with van der Waals surface area (Å²) >= 11 is 1.74. The second-order valence-electron chi connectivity index (χ2n) is 6.00. The highest BCUT2D eigenvalue weighted by atomic mass is 32.1. The molecular formula is C18H21NO2S. The molecule has 1 aliphatic rings. The van der Waals surface area contributed by atoms with Gasteiger partial charge in [0.15, 0.2) is 0 Å². The third-order valence-electron chi connectivity index (χ3n) is 4.37. The average Bonchev–Trinajstić information content (AvgIpc) is 3.04. The second kappa shape index (κ2) is 6.63. The Bertz CT molecular complexity index is 621. The van der Waals surface area contributed by atoms with E-state index in [-0.39, 0.29) is 12.0 Å². The number of carboxylic acids is 1. The average molecular weight is 315 g/mol. The number of likely N-dealkylation sites (tertiary alicyclic amines) is 1. The molecule has 1 aliphatic heterocycles. The molecule has 2 unspecified atom stereocenters. The minimum atomic E-state index is -0.668. The Morgan fingerprint density at radius 3 is 2.73 bits per heavy atom. The zero-order valence-electron chi connectivity index (χ0n) is 12.7. The largest absolute Gasteiger partial charge is 0.481 e. The SMILES string of the molecule is Cc1ccc(C(c2cccs2)N2CCCC(C(=O)O)C2)cc1. The van der Waals surface area contributed by atoms with E-state index in [2.05, 4.69) is 53.6 Å². The first-order valence-corrected chi connectivity index (χ1v) is 8.60. The summed E-state index contributed by atoms with van der Waals surface area (Å²) in [6, 6.07) is 13.0. The maximum atomic E-state index is 11.4. The zero-order chi connectivity index (χ0) is 15.5. The van der Waals surface area contributed by atoms with Crippen molar-refractivity contribution >= 4 is 17.3 Å². The van der Waals surface area contributed by atoms with Crippen molar-refractivity contribution in [2.45, 2.75) is 25.8 Å². The summed E-state index contributed by atoms with van der Waals surface area (Å²) in [4.78, 5) is 15.0. The van der Waals surface area contributed by atoms with E-state index in [1.54, 1.807) is 11.3 Å². The first kappa shape index (κ1) is 15.3. The number of benzene rings is 1. The highest BCUT2D eigenvalue weighted by Gasteiger charge is 2.31. The number of aliphatic carboxylic acids is 1. The minimum absolute atomic E-state index is 0.169. The van der Waals surface area contributed by atoms with E-state index in [1.807, 2.05) is 0 Å². The van der Waals surface area contributed by atoms with E-state index >= 15 is 0 Å². The van der Waals surface area contributed by atoms with Crippen LogP contribution in [0.25, 0.3) is 0 Å². The molecule has 4 heteroatoms. The van der Waals surface area contributed by atoms with Gasteiger partial charge in [-0.15, -0.1) is 11.3 Å². The number of thiophene rings is 1. The smallest absolute Gasteiger partial charge is 0.307 e. The van der Waals surface area contributed by atoms with Crippen molar-refractivity contribution in [2.75, 3.05) is 13.1 Å². The van der Waals surface area contributed by atoms with Gasteiger partial charge in [-0.2, -0.15) is 0 Å². The summed E-state index contributed by atoms with van der Waals surface area (Å²) in [7, 11) is 0. The predicted molar refractivity (Wildman–Crippen MR) is 89.3 cm³/mol. The van der Waals surface area contributed by atoms with E-state index in [4.69, 9.17) is 0 Å². The van der Waals surface area contributed by atoms with Crippen LogP contribution in [0.1, 0.15) is 34.9 Å². The minimum Gasteiger partial charge on any atom is -0.481 e. The van der Waals surface area contributed by atoms with Crippen LogP contribution in [0.5, 0.6) is 0 Å². The van der Waals surface area contributed by atoms with Crippen molar-refractivity contribution < 1.29 is 9.90 Å². The van der Waals surface area contributed by atoms with Crippen molar-refractivity contribution in [3.63, 3.8) is 0 Å². The highest BCUT2D eigenvalue weighted by molar-refractivity contribution is 7.10. The number of rotatable bonds is 4. The molecule has 1 aromatic heterocycles. The summed E-state index contributed by atoms with van der Waals surface area (Å²) in [5.41, 5.74) is 2.50. The van der Waals surface area contributed by atoms with Gasteiger partial charge in [0.2, 0.25) is 0 Å². The molecule has 3 nitrogen and oxygen atoms in total. The first-order chi connectivity index (χ1) is 10.6. The number of aryl methyl sites for hydroxylation is 1. The Kier molecular flexibility index (Phi) is 4.60. The molecule has 3 rings (SSSR count). The van der Waals surface area contributed by atoms with Gasteiger partial charge in [-0.05, 0) is 43.3 Å². The Morgan fingerprint density at radius 2 is 2.09 bits per heavy atom. The molecule has 0 amide bonds. The normalized spacial score (nSPS) is 20.7. The van der Waals surface area contributed by atoms with Gasteiger partial charge in [0, 0.05) is 11.4 Å². The van der Waals surface area contributed by atoms with Crippen LogP contribution in [0.2, 0.25) is 0 Å². The quantitative estimate of drug-likeness (QED) is 0.929. The fraction of sp³-hybridized carbons (Fsp3) is 0.389.